The lowest BCUT2D eigenvalue weighted by Crippen LogP contribution is -2.36. The molecule has 5 rings (SSSR count). The number of imidazole rings is 1. The highest BCUT2D eigenvalue weighted by atomic mass is 35.5. The van der Waals surface area contributed by atoms with E-state index in [-0.39, 0.29) is 39.6 Å². The summed E-state index contributed by atoms with van der Waals surface area (Å²) < 4.78 is 16.7. The van der Waals surface area contributed by atoms with Crippen LogP contribution in [0.4, 0.5) is 22.0 Å². The predicted octanol–water partition coefficient (Wildman–Crippen LogP) is 4.95. The maximum absolute atomic E-state index is 14.7. The van der Waals surface area contributed by atoms with Gasteiger partial charge in [0.05, 0.1) is 29.1 Å². The Morgan fingerprint density at radius 3 is 2.56 bits per heavy atom. The van der Waals surface area contributed by atoms with Crippen LogP contribution in [0, 0.1) is 11.7 Å². The molecule has 2 aromatic heterocycles. The standard InChI is InChI=1S/C24H28Cl2FN7O2/c25-13-9-15(26)20(16(27)10-13)32-24-31-18-11-29-23(30-17-3-1-2-4-19(17)35)33-22(18)34(24)14-7-5-12(6-8-14)21(28)36/h9-12,14,17,19,35H,1-8H2,(H2,28,36)(H,31,32)(H,29,30,33)/t12?,14?,17?,19-/m1/s1. The summed E-state index contributed by atoms with van der Waals surface area (Å²) in [5, 5.41) is 17.0. The molecule has 2 saturated carbocycles. The zero-order valence-corrected chi connectivity index (χ0v) is 21.1. The number of aliphatic hydroxyl groups excluding tert-OH is 1. The van der Waals surface area contributed by atoms with Gasteiger partial charge in [-0.1, -0.05) is 36.0 Å². The number of benzene rings is 1. The molecule has 9 nitrogen and oxygen atoms in total. The average molecular weight is 536 g/mol. The number of nitrogens with one attached hydrogen (secondary N) is 2. The Kier molecular flexibility index (Phi) is 7.18. The van der Waals surface area contributed by atoms with E-state index < -0.39 is 11.9 Å². The first-order valence-corrected chi connectivity index (χ1v) is 13.0. The fourth-order valence-corrected chi connectivity index (χ4v) is 5.75. The van der Waals surface area contributed by atoms with Crippen molar-refractivity contribution in [3.8, 4) is 0 Å². The van der Waals surface area contributed by atoms with Crippen LogP contribution in [0.3, 0.4) is 0 Å². The first-order valence-electron chi connectivity index (χ1n) is 12.2. The number of aromatic nitrogens is 4. The highest BCUT2D eigenvalue weighted by molar-refractivity contribution is 6.36. The normalized spacial score (nSPS) is 24.6. The second-order valence-corrected chi connectivity index (χ2v) is 10.4. The van der Waals surface area contributed by atoms with Crippen LogP contribution < -0.4 is 16.4 Å². The summed E-state index contributed by atoms with van der Waals surface area (Å²) in [5.41, 5.74) is 6.67. The molecule has 2 aliphatic carbocycles. The molecule has 192 valence electrons. The molecular formula is C24H28Cl2FN7O2. The Morgan fingerprint density at radius 1 is 1.11 bits per heavy atom. The zero-order chi connectivity index (χ0) is 25.4. The van der Waals surface area contributed by atoms with Crippen LogP contribution in [0.2, 0.25) is 10.0 Å². The molecule has 0 bridgehead atoms. The smallest absolute Gasteiger partial charge is 0.225 e. The third kappa shape index (κ3) is 5.07. The van der Waals surface area contributed by atoms with Crippen molar-refractivity contribution in [3.05, 3.63) is 34.2 Å². The van der Waals surface area contributed by atoms with E-state index in [0.29, 0.717) is 48.7 Å². The van der Waals surface area contributed by atoms with Crippen molar-refractivity contribution in [2.24, 2.45) is 11.7 Å². The van der Waals surface area contributed by atoms with Gasteiger partial charge in [0.15, 0.2) is 5.65 Å². The molecule has 0 radical (unpaired) electrons. The van der Waals surface area contributed by atoms with Gasteiger partial charge in [0, 0.05) is 17.0 Å². The van der Waals surface area contributed by atoms with Gasteiger partial charge >= 0.3 is 0 Å². The largest absolute Gasteiger partial charge is 0.391 e. The SMILES string of the molecule is NC(=O)C1CCC(n2c(Nc3c(F)cc(Cl)cc3Cl)nc3cnc(NC4CCCC[C@H]4O)nc32)CC1. The third-order valence-corrected chi connectivity index (χ3v) is 7.70. The van der Waals surface area contributed by atoms with Crippen LogP contribution in [0.1, 0.15) is 57.4 Å². The topological polar surface area (TPSA) is 131 Å². The average Bonchev–Trinajstić information content (AvgIpc) is 3.20. The van der Waals surface area contributed by atoms with Gasteiger partial charge < -0.3 is 21.5 Å². The molecular weight excluding hydrogens is 508 g/mol. The molecule has 1 amide bonds. The van der Waals surface area contributed by atoms with Crippen LogP contribution in [0.5, 0.6) is 0 Å². The van der Waals surface area contributed by atoms with Gasteiger partial charge in [-0.2, -0.15) is 4.98 Å². The number of nitrogens with zero attached hydrogens (tertiary/aromatic N) is 4. The number of primary amides is 1. The summed E-state index contributed by atoms with van der Waals surface area (Å²) in [7, 11) is 0. The Morgan fingerprint density at radius 2 is 1.86 bits per heavy atom. The fourth-order valence-electron chi connectivity index (χ4n) is 5.23. The van der Waals surface area contributed by atoms with Gasteiger partial charge in [0.1, 0.15) is 11.3 Å². The monoisotopic (exact) mass is 535 g/mol. The van der Waals surface area contributed by atoms with Gasteiger partial charge in [0.2, 0.25) is 17.8 Å². The summed E-state index contributed by atoms with van der Waals surface area (Å²) in [5.74, 6) is -0.321. The van der Waals surface area contributed by atoms with Crippen LogP contribution in [0.25, 0.3) is 11.2 Å². The van der Waals surface area contributed by atoms with Crippen molar-refractivity contribution in [3.63, 3.8) is 0 Å². The van der Waals surface area contributed by atoms with E-state index in [1.807, 2.05) is 4.57 Å². The molecule has 0 spiro atoms. The molecule has 1 aromatic carbocycles. The number of carbonyl (C=O) groups is 1. The van der Waals surface area contributed by atoms with E-state index in [2.05, 4.69) is 20.6 Å². The van der Waals surface area contributed by atoms with Gasteiger partial charge in [-0.25, -0.2) is 14.4 Å². The molecule has 5 N–H and O–H groups in total. The van der Waals surface area contributed by atoms with E-state index >= 15 is 0 Å². The zero-order valence-electron chi connectivity index (χ0n) is 19.6. The van der Waals surface area contributed by atoms with Gasteiger partial charge in [-0.15, -0.1) is 0 Å². The Hall–Kier alpha value is -2.69. The molecule has 2 aliphatic rings. The lowest BCUT2D eigenvalue weighted by molar-refractivity contribution is -0.122. The minimum Gasteiger partial charge on any atom is -0.391 e. The molecule has 3 aromatic rings. The Bertz CT molecular complexity index is 1260. The summed E-state index contributed by atoms with van der Waals surface area (Å²) in [4.78, 5) is 25.5. The van der Waals surface area contributed by atoms with E-state index in [0.717, 1.165) is 25.7 Å². The number of hydrogen-bond acceptors (Lipinski definition) is 7. The molecule has 36 heavy (non-hydrogen) atoms. The van der Waals surface area contributed by atoms with Crippen LogP contribution >= 0.6 is 23.2 Å². The number of anilines is 3. The summed E-state index contributed by atoms with van der Waals surface area (Å²) in [6.45, 7) is 0. The number of hydrogen-bond donors (Lipinski definition) is 4. The maximum atomic E-state index is 14.7. The molecule has 0 aliphatic heterocycles. The molecule has 1 unspecified atom stereocenters. The number of rotatable bonds is 6. The number of fused-ring (bicyclic) bond motifs is 1. The second kappa shape index (κ2) is 10.4. The lowest BCUT2D eigenvalue weighted by Gasteiger charge is -2.29. The van der Waals surface area contributed by atoms with E-state index in [1.54, 1.807) is 6.20 Å². The van der Waals surface area contributed by atoms with Crippen molar-refractivity contribution >= 4 is 57.9 Å². The fraction of sp³-hybridized carbons (Fsp3) is 0.500. The number of halogens is 3. The molecule has 2 atom stereocenters. The summed E-state index contributed by atoms with van der Waals surface area (Å²) in [6.07, 6.45) is 7.38. The minimum atomic E-state index is -0.608. The van der Waals surface area contributed by atoms with Crippen molar-refractivity contribution in [2.75, 3.05) is 10.6 Å². The van der Waals surface area contributed by atoms with Gasteiger partial charge in [0.25, 0.3) is 0 Å². The van der Waals surface area contributed by atoms with Crippen molar-refractivity contribution < 1.29 is 14.3 Å². The quantitative estimate of drug-likeness (QED) is 0.351. The van der Waals surface area contributed by atoms with Crippen LogP contribution in [0.15, 0.2) is 18.3 Å². The summed E-state index contributed by atoms with van der Waals surface area (Å²) in [6, 6.07) is 2.46. The van der Waals surface area contributed by atoms with Crippen LogP contribution in [-0.2, 0) is 4.79 Å². The molecule has 2 fully saturated rings. The number of carbonyl (C=O) groups excluding carboxylic acids is 1. The first kappa shape index (κ1) is 25.0. The molecule has 2 heterocycles. The summed E-state index contributed by atoms with van der Waals surface area (Å²) >= 11 is 12.2. The Balaban J connectivity index is 1.53. The third-order valence-electron chi connectivity index (χ3n) is 7.18. The molecule has 12 heteroatoms. The minimum absolute atomic E-state index is 0.0507. The van der Waals surface area contributed by atoms with Crippen molar-refractivity contribution in [2.45, 2.75) is 69.6 Å². The van der Waals surface area contributed by atoms with Crippen molar-refractivity contribution in [1.82, 2.24) is 19.5 Å². The lowest BCUT2D eigenvalue weighted by atomic mass is 9.85. The number of nitrogens with two attached hydrogens (primary N) is 1. The van der Waals surface area contributed by atoms with Gasteiger partial charge in [-0.05, 0) is 50.7 Å². The van der Waals surface area contributed by atoms with Crippen molar-refractivity contribution in [1.29, 1.82) is 0 Å². The van der Waals surface area contributed by atoms with E-state index in [1.165, 1.54) is 12.1 Å². The van der Waals surface area contributed by atoms with E-state index in [4.69, 9.17) is 33.9 Å². The number of amides is 1. The molecule has 0 saturated heterocycles. The van der Waals surface area contributed by atoms with E-state index in [9.17, 15) is 14.3 Å². The highest BCUT2D eigenvalue weighted by Gasteiger charge is 2.30. The van der Waals surface area contributed by atoms with Crippen LogP contribution in [-0.4, -0.2) is 42.7 Å². The maximum Gasteiger partial charge on any atom is 0.225 e. The predicted molar refractivity (Wildman–Crippen MR) is 137 cm³/mol. The second-order valence-electron chi connectivity index (χ2n) is 9.59. The first-order chi connectivity index (χ1) is 17.3. The van der Waals surface area contributed by atoms with Gasteiger partial charge in [-0.3, -0.25) is 9.36 Å². The highest BCUT2D eigenvalue weighted by Crippen LogP contribution is 2.38. The Labute approximate surface area is 217 Å². The number of aliphatic hydroxyl groups is 1.